The first kappa shape index (κ1) is 11.9. The molecule has 1 aliphatic heterocycles. The SMILES string of the molecule is Clc1ccc(OCC2Cc3ccccc3S2)cc1. The maximum atomic E-state index is 5.84. The highest BCUT2D eigenvalue weighted by atomic mass is 35.5. The molecule has 0 aromatic heterocycles. The van der Waals surface area contributed by atoms with Gasteiger partial charge in [0.25, 0.3) is 0 Å². The van der Waals surface area contributed by atoms with E-state index in [4.69, 9.17) is 16.3 Å². The average Bonchev–Trinajstić information content (AvgIpc) is 2.81. The second-order valence-corrected chi connectivity index (χ2v) is 6.10. The van der Waals surface area contributed by atoms with Crippen LogP contribution in [0.4, 0.5) is 0 Å². The molecule has 1 aliphatic rings. The van der Waals surface area contributed by atoms with Crippen LogP contribution in [0.5, 0.6) is 5.75 Å². The van der Waals surface area contributed by atoms with Gasteiger partial charge in [0.1, 0.15) is 12.4 Å². The van der Waals surface area contributed by atoms with Gasteiger partial charge in [-0.2, -0.15) is 0 Å². The van der Waals surface area contributed by atoms with Crippen molar-refractivity contribution in [2.75, 3.05) is 6.61 Å². The van der Waals surface area contributed by atoms with Gasteiger partial charge in [0.05, 0.1) is 0 Å². The van der Waals surface area contributed by atoms with Crippen LogP contribution in [0.3, 0.4) is 0 Å². The van der Waals surface area contributed by atoms with Crippen molar-refractivity contribution in [3.8, 4) is 5.75 Å². The van der Waals surface area contributed by atoms with Gasteiger partial charge in [0, 0.05) is 15.2 Å². The van der Waals surface area contributed by atoms with Crippen molar-refractivity contribution in [2.24, 2.45) is 0 Å². The fourth-order valence-electron chi connectivity index (χ4n) is 2.07. The van der Waals surface area contributed by atoms with Crippen LogP contribution in [-0.2, 0) is 6.42 Å². The highest BCUT2D eigenvalue weighted by Crippen LogP contribution is 2.36. The minimum Gasteiger partial charge on any atom is -0.492 e. The van der Waals surface area contributed by atoms with Gasteiger partial charge >= 0.3 is 0 Å². The van der Waals surface area contributed by atoms with Crippen molar-refractivity contribution in [1.82, 2.24) is 0 Å². The molecule has 2 aromatic rings. The van der Waals surface area contributed by atoms with E-state index >= 15 is 0 Å². The Morgan fingerprint density at radius 2 is 1.89 bits per heavy atom. The smallest absolute Gasteiger partial charge is 0.119 e. The third-order valence-corrected chi connectivity index (χ3v) is 4.50. The van der Waals surface area contributed by atoms with Crippen molar-refractivity contribution in [3.05, 3.63) is 59.1 Å². The number of hydrogen-bond donors (Lipinski definition) is 0. The third kappa shape index (κ3) is 2.65. The van der Waals surface area contributed by atoms with E-state index < -0.39 is 0 Å². The minimum absolute atomic E-state index is 0.512. The lowest BCUT2D eigenvalue weighted by molar-refractivity contribution is 0.317. The van der Waals surface area contributed by atoms with E-state index in [2.05, 4.69) is 24.3 Å². The predicted molar refractivity (Wildman–Crippen MR) is 76.7 cm³/mol. The molecule has 0 spiro atoms. The molecule has 1 unspecified atom stereocenters. The number of benzene rings is 2. The summed E-state index contributed by atoms with van der Waals surface area (Å²) < 4.78 is 5.80. The molecule has 2 aromatic carbocycles. The highest BCUT2D eigenvalue weighted by molar-refractivity contribution is 8.00. The monoisotopic (exact) mass is 276 g/mol. The zero-order chi connectivity index (χ0) is 12.4. The Balaban J connectivity index is 1.58. The predicted octanol–water partition coefficient (Wildman–Crippen LogP) is 4.44. The van der Waals surface area contributed by atoms with E-state index in [0.29, 0.717) is 5.25 Å². The Bertz CT molecular complexity index is 513. The highest BCUT2D eigenvalue weighted by Gasteiger charge is 2.22. The number of fused-ring (bicyclic) bond motifs is 1. The molecule has 0 N–H and O–H groups in total. The van der Waals surface area contributed by atoms with E-state index in [0.717, 1.165) is 23.8 Å². The summed E-state index contributed by atoms with van der Waals surface area (Å²) in [7, 11) is 0. The summed E-state index contributed by atoms with van der Waals surface area (Å²) >= 11 is 7.75. The van der Waals surface area contributed by atoms with Crippen LogP contribution in [0, 0.1) is 0 Å². The summed E-state index contributed by atoms with van der Waals surface area (Å²) in [4.78, 5) is 1.39. The number of ether oxygens (including phenoxy) is 1. The fourth-order valence-corrected chi connectivity index (χ4v) is 3.41. The Labute approximate surface area is 116 Å². The van der Waals surface area contributed by atoms with Gasteiger partial charge in [-0.25, -0.2) is 0 Å². The van der Waals surface area contributed by atoms with Crippen LogP contribution in [0.2, 0.25) is 5.02 Å². The molecular weight excluding hydrogens is 264 g/mol. The number of halogens is 1. The molecule has 18 heavy (non-hydrogen) atoms. The molecule has 0 radical (unpaired) electrons. The summed E-state index contributed by atoms with van der Waals surface area (Å²) in [6.07, 6.45) is 1.09. The molecule has 3 rings (SSSR count). The summed E-state index contributed by atoms with van der Waals surface area (Å²) in [6, 6.07) is 16.1. The standard InChI is InChI=1S/C15H13ClOS/c16-12-5-7-13(8-6-12)17-10-14-9-11-3-1-2-4-15(11)18-14/h1-8,14H,9-10H2. The topological polar surface area (TPSA) is 9.23 Å². The summed E-state index contributed by atoms with van der Waals surface area (Å²) in [6.45, 7) is 0.737. The van der Waals surface area contributed by atoms with Crippen LogP contribution < -0.4 is 4.74 Å². The fraction of sp³-hybridized carbons (Fsp3) is 0.200. The van der Waals surface area contributed by atoms with Crippen molar-refractivity contribution in [2.45, 2.75) is 16.6 Å². The van der Waals surface area contributed by atoms with E-state index in [1.165, 1.54) is 10.5 Å². The van der Waals surface area contributed by atoms with Crippen molar-refractivity contribution < 1.29 is 4.74 Å². The minimum atomic E-state index is 0.512. The summed E-state index contributed by atoms with van der Waals surface area (Å²) in [5.41, 5.74) is 1.44. The zero-order valence-electron chi connectivity index (χ0n) is 9.80. The molecule has 3 heteroatoms. The quantitative estimate of drug-likeness (QED) is 0.820. The van der Waals surface area contributed by atoms with Crippen LogP contribution in [0.1, 0.15) is 5.56 Å². The van der Waals surface area contributed by atoms with Gasteiger partial charge < -0.3 is 4.74 Å². The van der Waals surface area contributed by atoms with Crippen LogP contribution >= 0.6 is 23.4 Å². The average molecular weight is 277 g/mol. The Hall–Kier alpha value is -1.12. The number of hydrogen-bond acceptors (Lipinski definition) is 2. The first-order chi connectivity index (χ1) is 8.81. The molecule has 0 saturated carbocycles. The molecule has 0 bridgehead atoms. The molecule has 1 heterocycles. The van der Waals surface area contributed by atoms with Gasteiger partial charge in [-0.15, -0.1) is 11.8 Å². The molecule has 0 aliphatic carbocycles. The molecule has 0 fully saturated rings. The molecule has 1 atom stereocenters. The second-order valence-electron chi connectivity index (χ2n) is 4.32. The molecule has 0 saturated heterocycles. The molecule has 1 nitrogen and oxygen atoms in total. The molecule has 0 amide bonds. The largest absolute Gasteiger partial charge is 0.492 e. The zero-order valence-corrected chi connectivity index (χ0v) is 11.4. The maximum Gasteiger partial charge on any atom is 0.119 e. The lowest BCUT2D eigenvalue weighted by Gasteiger charge is -2.10. The van der Waals surface area contributed by atoms with E-state index in [1.54, 1.807) is 0 Å². The van der Waals surface area contributed by atoms with Crippen molar-refractivity contribution >= 4 is 23.4 Å². The first-order valence-electron chi connectivity index (χ1n) is 5.94. The Morgan fingerprint density at radius 1 is 1.11 bits per heavy atom. The van der Waals surface area contributed by atoms with Crippen LogP contribution in [0.25, 0.3) is 0 Å². The van der Waals surface area contributed by atoms with E-state index in [-0.39, 0.29) is 0 Å². The number of thioether (sulfide) groups is 1. The van der Waals surface area contributed by atoms with Crippen LogP contribution in [-0.4, -0.2) is 11.9 Å². The van der Waals surface area contributed by atoms with E-state index in [9.17, 15) is 0 Å². The van der Waals surface area contributed by atoms with Crippen LogP contribution in [0.15, 0.2) is 53.4 Å². The molecule has 92 valence electrons. The number of rotatable bonds is 3. The van der Waals surface area contributed by atoms with Gasteiger partial charge in [0.15, 0.2) is 0 Å². The summed E-state index contributed by atoms with van der Waals surface area (Å²) in [5.74, 6) is 0.885. The third-order valence-electron chi connectivity index (χ3n) is 2.96. The first-order valence-corrected chi connectivity index (χ1v) is 7.20. The van der Waals surface area contributed by atoms with Crippen molar-refractivity contribution in [3.63, 3.8) is 0 Å². The lowest BCUT2D eigenvalue weighted by Crippen LogP contribution is -2.13. The van der Waals surface area contributed by atoms with Crippen molar-refractivity contribution in [1.29, 1.82) is 0 Å². The van der Waals surface area contributed by atoms with Gasteiger partial charge in [-0.1, -0.05) is 29.8 Å². The second kappa shape index (κ2) is 5.25. The Kier molecular flexibility index (Phi) is 3.48. The van der Waals surface area contributed by atoms with Gasteiger partial charge in [0.2, 0.25) is 0 Å². The normalized spacial score (nSPS) is 17.5. The van der Waals surface area contributed by atoms with E-state index in [1.807, 2.05) is 36.0 Å². The lowest BCUT2D eigenvalue weighted by atomic mass is 10.1. The van der Waals surface area contributed by atoms with Gasteiger partial charge in [-0.05, 0) is 42.3 Å². The molecular formula is C15H13ClOS. The Morgan fingerprint density at radius 3 is 2.67 bits per heavy atom. The maximum absolute atomic E-state index is 5.84. The van der Waals surface area contributed by atoms with Gasteiger partial charge in [-0.3, -0.25) is 0 Å². The summed E-state index contributed by atoms with van der Waals surface area (Å²) in [5, 5.41) is 1.25.